The Morgan fingerprint density at radius 2 is 1.89 bits per heavy atom. The van der Waals surface area contributed by atoms with Crippen molar-refractivity contribution in [2.75, 3.05) is 7.11 Å². The molecule has 0 aromatic heterocycles. The highest BCUT2D eigenvalue weighted by atomic mass is 35.5. The molecule has 2 aromatic rings. The van der Waals surface area contributed by atoms with Gasteiger partial charge in [0.25, 0.3) is 0 Å². The van der Waals surface area contributed by atoms with Gasteiger partial charge in [0.05, 0.1) is 7.11 Å². The number of benzene rings is 2. The van der Waals surface area contributed by atoms with Crippen molar-refractivity contribution in [2.45, 2.75) is 12.5 Å². The minimum atomic E-state index is -0.193. The molecule has 2 nitrogen and oxygen atoms in total. The van der Waals surface area contributed by atoms with E-state index in [2.05, 4.69) is 0 Å². The van der Waals surface area contributed by atoms with Gasteiger partial charge in [-0.15, -0.1) is 0 Å². The van der Waals surface area contributed by atoms with E-state index >= 15 is 0 Å². The molecule has 1 atom stereocenters. The summed E-state index contributed by atoms with van der Waals surface area (Å²) in [7, 11) is 1.63. The fraction of sp³-hybridized carbons (Fsp3) is 0.200. The third kappa shape index (κ3) is 3.41. The summed E-state index contributed by atoms with van der Waals surface area (Å²) in [6.45, 7) is 0. The van der Waals surface area contributed by atoms with Crippen LogP contribution in [-0.2, 0) is 6.42 Å². The summed E-state index contributed by atoms with van der Waals surface area (Å²) in [6, 6.07) is 12.9. The lowest BCUT2D eigenvalue weighted by atomic mass is 9.99. The fourth-order valence-electron chi connectivity index (χ4n) is 2.03. The molecule has 19 heavy (non-hydrogen) atoms. The number of rotatable bonds is 4. The monoisotopic (exact) mass is 295 g/mol. The quantitative estimate of drug-likeness (QED) is 0.915. The first-order valence-corrected chi connectivity index (χ1v) is 6.70. The van der Waals surface area contributed by atoms with E-state index < -0.39 is 0 Å². The molecule has 4 heteroatoms. The maximum Gasteiger partial charge on any atom is 0.122 e. The van der Waals surface area contributed by atoms with Gasteiger partial charge in [-0.3, -0.25) is 0 Å². The smallest absolute Gasteiger partial charge is 0.122 e. The van der Waals surface area contributed by atoms with Crippen LogP contribution in [0.15, 0.2) is 42.5 Å². The van der Waals surface area contributed by atoms with Gasteiger partial charge in [0, 0.05) is 16.1 Å². The van der Waals surface area contributed by atoms with E-state index in [1.807, 2.05) is 36.4 Å². The van der Waals surface area contributed by atoms with Crippen LogP contribution in [0.5, 0.6) is 5.75 Å². The van der Waals surface area contributed by atoms with E-state index in [0.29, 0.717) is 16.5 Å². The Morgan fingerprint density at radius 1 is 1.16 bits per heavy atom. The van der Waals surface area contributed by atoms with Crippen LogP contribution < -0.4 is 10.5 Å². The van der Waals surface area contributed by atoms with E-state index in [-0.39, 0.29) is 6.04 Å². The van der Waals surface area contributed by atoms with Gasteiger partial charge in [0.2, 0.25) is 0 Å². The zero-order chi connectivity index (χ0) is 13.8. The van der Waals surface area contributed by atoms with Crippen LogP contribution in [0.2, 0.25) is 10.0 Å². The molecule has 100 valence electrons. The van der Waals surface area contributed by atoms with Gasteiger partial charge in [0.15, 0.2) is 0 Å². The molecule has 0 heterocycles. The molecule has 0 aliphatic heterocycles. The summed E-state index contributed by atoms with van der Waals surface area (Å²) >= 11 is 12.2. The number of ether oxygens (including phenoxy) is 1. The Morgan fingerprint density at radius 3 is 2.58 bits per heavy atom. The van der Waals surface area contributed by atoms with E-state index in [9.17, 15) is 0 Å². The van der Waals surface area contributed by atoms with Crippen LogP contribution in [0.25, 0.3) is 0 Å². The second-order valence-electron chi connectivity index (χ2n) is 4.29. The molecule has 0 aliphatic carbocycles. The van der Waals surface area contributed by atoms with Crippen LogP contribution >= 0.6 is 23.2 Å². The van der Waals surface area contributed by atoms with E-state index in [1.54, 1.807) is 13.2 Å². The second-order valence-corrected chi connectivity index (χ2v) is 5.13. The molecular formula is C15H15Cl2NO. The first-order valence-electron chi connectivity index (χ1n) is 5.94. The number of halogens is 2. The Labute approximate surface area is 123 Å². The van der Waals surface area contributed by atoms with Crippen LogP contribution in [0, 0.1) is 0 Å². The summed E-state index contributed by atoms with van der Waals surface area (Å²) in [5, 5.41) is 1.35. The van der Waals surface area contributed by atoms with Crippen LogP contribution in [-0.4, -0.2) is 7.11 Å². The summed E-state index contributed by atoms with van der Waals surface area (Å²) in [5.74, 6) is 0.784. The molecule has 0 amide bonds. The second kappa shape index (κ2) is 6.29. The molecule has 0 fully saturated rings. The van der Waals surface area contributed by atoms with Crippen molar-refractivity contribution in [1.29, 1.82) is 0 Å². The molecule has 2 N–H and O–H groups in total. The van der Waals surface area contributed by atoms with Crippen LogP contribution in [0.3, 0.4) is 0 Å². The van der Waals surface area contributed by atoms with Gasteiger partial charge in [0.1, 0.15) is 5.75 Å². The van der Waals surface area contributed by atoms with E-state index in [1.165, 1.54) is 0 Å². The van der Waals surface area contributed by atoms with Crippen LogP contribution in [0.4, 0.5) is 0 Å². The van der Waals surface area contributed by atoms with Gasteiger partial charge >= 0.3 is 0 Å². The number of hydrogen-bond acceptors (Lipinski definition) is 2. The zero-order valence-electron chi connectivity index (χ0n) is 10.6. The van der Waals surface area contributed by atoms with Gasteiger partial charge in [-0.05, 0) is 41.8 Å². The zero-order valence-corrected chi connectivity index (χ0v) is 12.1. The number of nitrogens with two attached hydrogens (primary N) is 1. The third-order valence-corrected chi connectivity index (χ3v) is 3.57. The van der Waals surface area contributed by atoms with Crippen molar-refractivity contribution >= 4 is 23.2 Å². The summed E-state index contributed by atoms with van der Waals surface area (Å²) < 4.78 is 5.32. The summed E-state index contributed by atoms with van der Waals surface area (Å²) in [6.07, 6.45) is 0.619. The maximum atomic E-state index is 6.22. The molecule has 1 unspecified atom stereocenters. The summed E-state index contributed by atoms with van der Waals surface area (Å²) in [4.78, 5) is 0. The fourth-order valence-corrected chi connectivity index (χ4v) is 2.50. The average Bonchev–Trinajstić information content (AvgIpc) is 2.39. The normalized spacial score (nSPS) is 12.2. The van der Waals surface area contributed by atoms with Gasteiger partial charge in [-0.2, -0.15) is 0 Å². The minimum absolute atomic E-state index is 0.193. The molecule has 0 spiro atoms. The standard InChI is InChI=1S/C15H15Cl2NO/c1-19-15-7-6-11(16)8-10(15)9-14(18)12-4-2-3-5-13(12)17/h2-8,14H,9,18H2,1H3. The van der Waals surface area contributed by atoms with E-state index in [4.69, 9.17) is 33.7 Å². The van der Waals surface area contributed by atoms with Crippen molar-refractivity contribution < 1.29 is 4.74 Å². The average molecular weight is 296 g/mol. The Bertz CT molecular complexity index is 572. The molecule has 0 aliphatic rings. The molecular weight excluding hydrogens is 281 g/mol. The third-order valence-electron chi connectivity index (χ3n) is 2.99. The topological polar surface area (TPSA) is 35.2 Å². The predicted molar refractivity (Wildman–Crippen MR) is 80.1 cm³/mol. The van der Waals surface area contributed by atoms with Crippen molar-refractivity contribution in [3.05, 3.63) is 63.6 Å². The van der Waals surface area contributed by atoms with Crippen molar-refractivity contribution in [2.24, 2.45) is 5.73 Å². The Kier molecular flexibility index (Phi) is 4.70. The lowest BCUT2D eigenvalue weighted by Gasteiger charge is -2.16. The van der Waals surface area contributed by atoms with E-state index in [0.717, 1.165) is 16.9 Å². The Balaban J connectivity index is 2.26. The minimum Gasteiger partial charge on any atom is -0.496 e. The highest BCUT2D eigenvalue weighted by molar-refractivity contribution is 6.31. The van der Waals surface area contributed by atoms with Gasteiger partial charge in [-0.25, -0.2) is 0 Å². The first kappa shape index (κ1) is 14.2. The van der Waals surface area contributed by atoms with Crippen molar-refractivity contribution in [1.82, 2.24) is 0 Å². The molecule has 0 saturated heterocycles. The Hall–Kier alpha value is -1.22. The predicted octanol–water partition coefficient (Wildman–Crippen LogP) is 4.24. The molecule has 0 bridgehead atoms. The largest absolute Gasteiger partial charge is 0.496 e. The van der Waals surface area contributed by atoms with Gasteiger partial charge < -0.3 is 10.5 Å². The molecule has 0 saturated carbocycles. The van der Waals surface area contributed by atoms with Crippen molar-refractivity contribution in [3.63, 3.8) is 0 Å². The maximum absolute atomic E-state index is 6.22. The SMILES string of the molecule is COc1ccc(Cl)cc1CC(N)c1ccccc1Cl. The molecule has 2 aromatic carbocycles. The van der Waals surface area contributed by atoms with Crippen molar-refractivity contribution in [3.8, 4) is 5.75 Å². The lowest BCUT2D eigenvalue weighted by molar-refractivity contribution is 0.408. The first-order chi connectivity index (χ1) is 9.11. The van der Waals surface area contributed by atoms with Crippen LogP contribution in [0.1, 0.15) is 17.2 Å². The highest BCUT2D eigenvalue weighted by Gasteiger charge is 2.13. The van der Waals surface area contributed by atoms with Gasteiger partial charge in [-0.1, -0.05) is 41.4 Å². The number of methoxy groups -OCH3 is 1. The lowest BCUT2D eigenvalue weighted by Crippen LogP contribution is -2.14. The summed E-state index contributed by atoms with van der Waals surface area (Å²) in [5.41, 5.74) is 8.12. The number of hydrogen-bond donors (Lipinski definition) is 1. The molecule has 2 rings (SSSR count). The highest BCUT2D eigenvalue weighted by Crippen LogP contribution is 2.29. The molecule has 0 radical (unpaired) electrons.